The zero-order valence-corrected chi connectivity index (χ0v) is 8.97. The lowest BCUT2D eigenvalue weighted by molar-refractivity contribution is 0.986. The van der Waals surface area contributed by atoms with Crippen LogP contribution in [0.2, 0.25) is 4.34 Å². The van der Waals surface area contributed by atoms with Crippen molar-refractivity contribution in [1.29, 1.82) is 5.26 Å². The first-order chi connectivity index (χ1) is 5.76. The fourth-order valence-electron chi connectivity index (χ4n) is 0.702. The van der Waals surface area contributed by atoms with Crippen LogP contribution < -0.4 is 0 Å². The Morgan fingerprint density at radius 3 is 2.92 bits per heavy atom. The SMILES string of the molecule is CCC(C#N)Sc1ccc(Cl)s1. The Morgan fingerprint density at radius 2 is 2.50 bits per heavy atom. The lowest BCUT2D eigenvalue weighted by Crippen LogP contribution is -1.93. The third kappa shape index (κ3) is 2.71. The van der Waals surface area contributed by atoms with Crippen LogP contribution in [0, 0.1) is 11.3 Å². The molecule has 1 aromatic heterocycles. The molecule has 0 aliphatic heterocycles. The normalized spacial score (nSPS) is 12.4. The Hall–Kier alpha value is -0.170. The molecule has 1 aromatic rings. The first-order valence-electron chi connectivity index (χ1n) is 3.58. The molecule has 1 rings (SSSR count). The molecular formula is C8H8ClNS2. The fraction of sp³-hybridized carbons (Fsp3) is 0.375. The Balaban J connectivity index is 2.58. The average molecular weight is 218 g/mol. The van der Waals surface area contributed by atoms with Gasteiger partial charge >= 0.3 is 0 Å². The molecule has 4 heteroatoms. The summed E-state index contributed by atoms with van der Waals surface area (Å²) >= 11 is 8.86. The molecule has 0 fully saturated rings. The van der Waals surface area contributed by atoms with Gasteiger partial charge in [-0.15, -0.1) is 11.3 Å². The molecule has 64 valence electrons. The molecule has 1 unspecified atom stereocenters. The molecule has 0 aliphatic rings. The molecule has 1 heterocycles. The fourth-order valence-corrected chi connectivity index (χ4v) is 3.07. The Bertz CT molecular complexity index is 289. The highest BCUT2D eigenvalue weighted by molar-refractivity contribution is 8.02. The molecule has 0 radical (unpaired) electrons. The van der Waals surface area contributed by atoms with Crippen LogP contribution in [-0.4, -0.2) is 5.25 Å². The number of hydrogen-bond donors (Lipinski definition) is 0. The number of nitriles is 1. The van der Waals surface area contributed by atoms with Crippen molar-refractivity contribution in [2.45, 2.75) is 22.8 Å². The van der Waals surface area contributed by atoms with E-state index in [1.54, 1.807) is 11.8 Å². The Morgan fingerprint density at radius 1 is 1.75 bits per heavy atom. The Labute approximate surface area is 85.4 Å². The van der Waals surface area contributed by atoms with E-state index in [-0.39, 0.29) is 5.25 Å². The third-order valence-electron chi connectivity index (χ3n) is 1.32. The molecule has 0 bridgehead atoms. The van der Waals surface area contributed by atoms with Gasteiger partial charge in [0.25, 0.3) is 0 Å². The quantitative estimate of drug-likeness (QED) is 0.720. The summed E-state index contributed by atoms with van der Waals surface area (Å²) in [6.07, 6.45) is 0.872. The molecule has 0 aliphatic carbocycles. The van der Waals surface area contributed by atoms with Crippen molar-refractivity contribution in [2.24, 2.45) is 0 Å². The minimum Gasteiger partial charge on any atom is -0.197 e. The van der Waals surface area contributed by atoms with Crippen LogP contribution in [0.5, 0.6) is 0 Å². The molecule has 0 saturated carbocycles. The van der Waals surface area contributed by atoms with E-state index >= 15 is 0 Å². The van der Waals surface area contributed by atoms with Crippen molar-refractivity contribution in [1.82, 2.24) is 0 Å². The molecule has 0 saturated heterocycles. The summed E-state index contributed by atoms with van der Waals surface area (Å²) in [6.45, 7) is 2.01. The van der Waals surface area contributed by atoms with E-state index in [9.17, 15) is 0 Å². The van der Waals surface area contributed by atoms with E-state index < -0.39 is 0 Å². The van der Waals surface area contributed by atoms with E-state index in [0.29, 0.717) is 0 Å². The Kier molecular flexibility index (Phi) is 3.93. The molecule has 0 aromatic carbocycles. The van der Waals surface area contributed by atoms with E-state index in [2.05, 4.69) is 6.07 Å². The summed E-state index contributed by atoms with van der Waals surface area (Å²) in [7, 11) is 0. The van der Waals surface area contributed by atoms with E-state index in [1.807, 2.05) is 19.1 Å². The molecule has 1 atom stereocenters. The summed E-state index contributed by atoms with van der Waals surface area (Å²) < 4.78 is 1.90. The van der Waals surface area contributed by atoms with Crippen LogP contribution in [0.4, 0.5) is 0 Å². The lowest BCUT2D eigenvalue weighted by Gasteiger charge is -2.01. The molecule has 12 heavy (non-hydrogen) atoms. The molecule has 0 N–H and O–H groups in total. The number of nitrogens with zero attached hydrogens (tertiary/aromatic N) is 1. The first kappa shape index (κ1) is 9.91. The van der Waals surface area contributed by atoms with Gasteiger partial charge < -0.3 is 0 Å². The summed E-state index contributed by atoms with van der Waals surface area (Å²) in [6, 6.07) is 6.05. The van der Waals surface area contributed by atoms with Gasteiger partial charge in [-0.05, 0) is 18.6 Å². The highest BCUT2D eigenvalue weighted by Gasteiger charge is 2.07. The average Bonchev–Trinajstić information content (AvgIpc) is 2.47. The number of thiophene rings is 1. The van der Waals surface area contributed by atoms with E-state index in [1.165, 1.54) is 11.3 Å². The van der Waals surface area contributed by atoms with Gasteiger partial charge in [0.15, 0.2) is 0 Å². The molecule has 0 spiro atoms. The summed E-state index contributed by atoms with van der Waals surface area (Å²) in [4.78, 5) is 0. The molecule has 0 amide bonds. The number of rotatable bonds is 3. The van der Waals surface area contributed by atoms with Crippen molar-refractivity contribution in [3.63, 3.8) is 0 Å². The summed E-state index contributed by atoms with van der Waals surface area (Å²) in [5, 5.41) is 8.75. The van der Waals surface area contributed by atoms with Gasteiger partial charge in [0.1, 0.15) is 0 Å². The lowest BCUT2D eigenvalue weighted by atomic mass is 10.4. The third-order valence-corrected chi connectivity index (χ3v) is 3.98. The van der Waals surface area contributed by atoms with Gasteiger partial charge in [0, 0.05) is 0 Å². The summed E-state index contributed by atoms with van der Waals surface area (Å²) in [5.41, 5.74) is 0. The zero-order chi connectivity index (χ0) is 8.97. The van der Waals surface area contributed by atoms with Crippen LogP contribution in [0.1, 0.15) is 13.3 Å². The maximum Gasteiger partial charge on any atom is 0.0968 e. The van der Waals surface area contributed by atoms with Crippen molar-refractivity contribution in [3.8, 4) is 6.07 Å². The van der Waals surface area contributed by atoms with Crippen molar-refractivity contribution in [3.05, 3.63) is 16.5 Å². The van der Waals surface area contributed by atoms with Crippen molar-refractivity contribution in [2.75, 3.05) is 0 Å². The second-order valence-electron chi connectivity index (χ2n) is 2.20. The monoisotopic (exact) mass is 217 g/mol. The maximum absolute atomic E-state index is 8.69. The van der Waals surface area contributed by atoms with Crippen molar-refractivity contribution < 1.29 is 0 Å². The van der Waals surface area contributed by atoms with E-state index in [0.717, 1.165) is 15.0 Å². The highest BCUT2D eigenvalue weighted by Crippen LogP contribution is 2.33. The minimum absolute atomic E-state index is 0.0553. The van der Waals surface area contributed by atoms with Gasteiger partial charge in [-0.1, -0.05) is 30.3 Å². The van der Waals surface area contributed by atoms with Gasteiger partial charge in [-0.2, -0.15) is 5.26 Å². The van der Waals surface area contributed by atoms with Crippen LogP contribution in [0.25, 0.3) is 0 Å². The second kappa shape index (κ2) is 4.76. The van der Waals surface area contributed by atoms with E-state index in [4.69, 9.17) is 16.9 Å². The zero-order valence-electron chi connectivity index (χ0n) is 6.58. The van der Waals surface area contributed by atoms with Gasteiger partial charge in [0.2, 0.25) is 0 Å². The predicted octanol–water partition coefficient (Wildman–Crippen LogP) is 3.80. The van der Waals surface area contributed by atoms with Crippen LogP contribution in [-0.2, 0) is 0 Å². The van der Waals surface area contributed by atoms with Crippen LogP contribution in [0.15, 0.2) is 16.3 Å². The summed E-state index contributed by atoms with van der Waals surface area (Å²) in [5.74, 6) is 0. The smallest absolute Gasteiger partial charge is 0.0968 e. The van der Waals surface area contributed by atoms with Gasteiger partial charge in [0.05, 0.1) is 19.9 Å². The highest BCUT2D eigenvalue weighted by atomic mass is 35.5. The van der Waals surface area contributed by atoms with Crippen LogP contribution >= 0.6 is 34.7 Å². The minimum atomic E-state index is 0.0553. The second-order valence-corrected chi connectivity index (χ2v) is 5.42. The van der Waals surface area contributed by atoms with Crippen LogP contribution in [0.3, 0.4) is 0 Å². The standard InChI is InChI=1S/C8H8ClNS2/c1-2-6(5-10)11-8-4-3-7(9)12-8/h3-4,6H,2H2,1H3. The number of thioether (sulfide) groups is 1. The molecule has 1 nitrogen and oxygen atoms in total. The van der Waals surface area contributed by atoms with Gasteiger partial charge in [-0.3, -0.25) is 0 Å². The largest absolute Gasteiger partial charge is 0.197 e. The predicted molar refractivity (Wildman–Crippen MR) is 54.9 cm³/mol. The maximum atomic E-state index is 8.69. The number of halogens is 1. The molecular weight excluding hydrogens is 210 g/mol. The first-order valence-corrected chi connectivity index (χ1v) is 5.65. The van der Waals surface area contributed by atoms with Crippen molar-refractivity contribution >= 4 is 34.7 Å². The topological polar surface area (TPSA) is 23.8 Å². The number of hydrogen-bond acceptors (Lipinski definition) is 3. The van der Waals surface area contributed by atoms with Gasteiger partial charge in [-0.25, -0.2) is 0 Å².